The largest absolute Gasteiger partial charge is 0.408 e. The van der Waals surface area contributed by atoms with Crippen LogP contribution in [-0.2, 0) is 0 Å². The van der Waals surface area contributed by atoms with Crippen molar-refractivity contribution in [1.82, 2.24) is 5.32 Å². The third-order valence-electron chi connectivity index (χ3n) is 3.25. The first-order valence-electron chi connectivity index (χ1n) is 6.38. The molecule has 3 nitrogen and oxygen atoms in total. The molecule has 2 atom stereocenters. The van der Waals surface area contributed by atoms with Crippen LogP contribution in [0.2, 0.25) is 0 Å². The van der Waals surface area contributed by atoms with Gasteiger partial charge in [-0.05, 0) is 18.1 Å². The van der Waals surface area contributed by atoms with Crippen molar-refractivity contribution in [1.29, 1.82) is 5.26 Å². The number of carbonyl (C=O) groups is 1. The van der Waals surface area contributed by atoms with Crippen molar-refractivity contribution in [2.24, 2.45) is 5.92 Å². The van der Waals surface area contributed by atoms with Crippen molar-refractivity contribution >= 4 is 5.91 Å². The number of nitrogens with one attached hydrogen (secondary N) is 1. The highest BCUT2D eigenvalue weighted by atomic mass is 19.4. The number of benzene rings is 1. The highest BCUT2D eigenvalue weighted by Crippen LogP contribution is 2.28. The molecule has 120 valence electrons. The molecule has 1 N–H and O–H groups in total. The predicted molar refractivity (Wildman–Crippen MR) is 67.8 cm³/mol. The van der Waals surface area contributed by atoms with Crippen molar-refractivity contribution in [3.63, 3.8) is 0 Å². The Morgan fingerprint density at radius 2 is 1.82 bits per heavy atom. The Morgan fingerprint density at radius 1 is 1.32 bits per heavy atom. The molecule has 0 aliphatic carbocycles. The highest BCUT2D eigenvalue weighted by Gasteiger charge is 2.44. The number of carbonyl (C=O) groups excluding carboxylic acids is 1. The fraction of sp³-hybridized carbons (Fsp3) is 0.429. The summed E-state index contributed by atoms with van der Waals surface area (Å²) in [5.74, 6) is -5.26. The highest BCUT2D eigenvalue weighted by molar-refractivity contribution is 5.95. The van der Waals surface area contributed by atoms with Crippen LogP contribution in [0.15, 0.2) is 12.1 Å². The van der Waals surface area contributed by atoms with Crippen LogP contribution in [0.5, 0.6) is 0 Å². The smallest absolute Gasteiger partial charge is 0.340 e. The molecule has 0 saturated heterocycles. The van der Waals surface area contributed by atoms with Gasteiger partial charge in [-0.25, -0.2) is 8.78 Å². The maximum absolute atomic E-state index is 13.6. The molecule has 0 fully saturated rings. The molecule has 0 saturated carbocycles. The standard InChI is InChI=1S/C14H13F5N2O/c1-3-7(2)12(14(17,18)19)21-13(22)11-9(15)4-8(6-20)5-10(11)16/h4-5,7,12H,3H2,1-2H3,(H,21,22)/t7-,12-/m1/s1. The zero-order valence-electron chi connectivity index (χ0n) is 11.8. The lowest BCUT2D eigenvalue weighted by Crippen LogP contribution is -2.49. The normalized spacial score (nSPS) is 14.1. The number of alkyl halides is 3. The Hall–Kier alpha value is -2.17. The molecule has 8 heteroatoms. The summed E-state index contributed by atoms with van der Waals surface area (Å²) in [4.78, 5) is 11.8. The fourth-order valence-electron chi connectivity index (χ4n) is 1.85. The molecule has 0 aliphatic rings. The third-order valence-corrected chi connectivity index (χ3v) is 3.25. The minimum absolute atomic E-state index is 0.114. The Bertz CT molecular complexity index is 583. The van der Waals surface area contributed by atoms with Crippen LogP contribution in [0.1, 0.15) is 36.2 Å². The molecule has 0 aliphatic heterocycles. The van der Waals surface area contributed by atoms with Gasteiger partial charge in [-0.3, -0.25) is 4.79 Å². The van der Waals surface area contributed by atoms with E-state index in [4.69, 9.17) is 5.26 Å². The van der Waals surface area contributed by atoms with Gasteiger partial charge in [0, 0.05) is 0 Å². The summed E-state index contributed by atoms with van der Waals surface area (Å²) in [5.41, 5.74) is -1.52. The van der Waals surface area contributed by atoms with E-state index in [9.17, 15) is 26.7 Å². The molecule has 1 amide bonds. The number of hydrogen-bond acceptors (Lipinski definition) is 2. The lowest BCUT2D eigenvalue weighted by Gasteiger charge is -2.26. The zero-order chi connectivity index (χ0) is 17.1. The summed E-state index contributed by atoms with van der Waals surface area (Å²) in [6, 6.07) is 0.427. The second-order valence-corrected chi connectivity index (χ2v) is 4.80. The van der Waals surface area contributed by atoms with Gasteiger partial charge in [0.25, 0.3) is 5.91 Å². The average molecular weight is 320 g/mol. The summed E-state index contributed by atoms with van der Waals surface area (Å²) in [6.07, 6.45) is -4.63. The zero-order valence-corrected chi connectivity index (χ0v) is 11.8. The molecule has 1 aromatic carbocycles. The van der Waals surface area contributed by atoms with Crippen molar-refractivity contribution in [3.05, 3.63) is 34.9 Å². The van der Waals surface area contributed by atoms with E-state index in [-0.39, 0.29) is 12.0 Å². The van der Waals surface area contributed by atoms with Crippen LogP contribution >= 0.6 is 0 Å². The Morgan fingerprint density at radius 3 is 2.18 bits per heavy atom. The summed E-state index contributed by atoms with van der Waals surface area (Å²) >= 11 is 0. The van der Waals surface area contributed by atoms with Crippen molar-refractivity contribution in [2.75, 3.05) is 0 Å². The van der Waals surface area contributed by atoms with Crippen LogP contribution in [0.4, 0.5) is 22.0 Å². The Balaban J connectivity index is 3.14. The monoisotopic (exact) mass is 320 g/mol. The second kappa shape index (κ2) is 6.73. The summed E-state index contributed by atoms with van der Waals surface area (Å²) in [5, 5.41) is 10.2. The van der Waals surface area contributed by atoms with Gasteiger partial charge in [0.05, 0.1) is 11.6 Å². The topological polar surface area (TPSA) is 52.9 Å². The molecular formula is C14H13F5N2O. The molecule has 0 unspecified atom stereocenters. The van der Waals surface area contributed by atoms with Gasteiger partial charge in [0.15, 0.2) is 0 Å². The van der Waals surface area contributed by atoms with Gasteiger partial charge in [0.1, 0.15) is 23.2 Å². The lowest BCUT2D eigenvalue weighted by atomic mass is 9.98. The molecule has 0 bridgehead atoms. The van der Waals surface area contributed by atoms with Crippen LogP contribution in [0, 0.1) is 28.9 Å². The quantitative estimate of drug-likeness (QED) is 0.863. The molecule has 0 heterocycles. The number of rotatable bonds is 4. The van der Waals surface area contributed by atoms with Crippen LogP contribution in [0.25, 0.3) is 0 Å². The minimum Gasteiger partial charge on any atom is -0.340 e. The molecule has 0 radical (unpaired) electrons. The van der Waals surface area contributed by atoms with E-state index >= 15 is 0 Å². The van der Waals surface area contributed by atoms with E-state index in [2.05, 4.69) is 0 Å². The number of nitrogens with zero attached hydrogens (tertiary/aromatic N) is 1. The molecule has 22 heavy (non-hydrogen) atoms. The molecule has 1 aromatic rings. The lowest BCUT2D eigenvalue weighted by molar-refractivity contribution is -0.164. The first-order chi connectivity index (χ1) is 10.1. The van der Waals surface area contributed by atoms with Gasteiger partial charge in [-0.2, -0.15) is 18.4 Å². The average Bonchev–Trinajstić information content (AvgIpc) is 2.41. The van der Waals surface area contributed by atoms with E-state index in [1.807, 2.05) is 0 Å². The SMILES string of the molecule is CC[C@@H](C)[C@@H](NC(=O)c1c(F)cc(C#N)cc1F)C(F)(F)F. The van der Waals surface area contributed by atoms with Gasteiger partial charge in [-0.1, -0.05) is 20.3 Å². The van der Waals surface area contributed by atoms with Crippen LogP contribution in [-0.4, -0.2) is 18.1 Å². The first kappa shape index (κ1) is 17.9. The van der Waals surface area contributed by atoms with E-state index in [0.717, 1.165) is 0 Å². The van der Waals surface area contributed by atoms with Gasteiger partial charge in [0.2, 0.25) is 0 Å². The minimum atomic E-state index is -4.75. The van der Waals surface area contributed by atoms with Crippen molar-refractivity contribution in [2.45, 2.75) is 32.5 Å². The molecule has 0 aromatic heterocycles. The maximum Gasteiger partial charge on any atom is 0.408 e. The molecular weight excluding hydrogens is 307 g/mol. The van der Waals surface area contributed by atoms with Gasteiger partial charge in [-0.15, -0.1) is 0 Å². The first-order valence-corrected chi connectivity index (χ1v) is 6.38. The van der Waals surface area contributed by atoms with E-state index < -0.39 is 41.2 Å². The number of hydrogen-bond donors (Lipinski definition) is 1. The molecule has 1 rings (SSSR count). The maximum atomic E-state index is 13.6. The van der Waals surface area contributed by atoms with Crippen molar-refractivity contribution < 1.29 is 26.7 Å². The van der Waals surface area contributed by atoms with Gasteiger partial charge >= 0.3 is 6.18 Å². The number of amides is 1. The fourth-order valence-corrected chi connectivity index (χ4v) is 1.85. The predicted octanol–water partition coefficient (Wildman–Crippen LogP) is 3.54. The molecule has 0 spiro atoms. The van der Waals surface area contributed by atoms with Crippen LogP contribution in [0.3, 0.4) is 0 Å². The third kappa shape index (κ3) is 3.93. The second-order valence-electron chi connectivity index (χ2n) is 4.80. The number of nitriles is 1. The summed E-state index contributed by atoms with van der Waals surface area (Å²) in [6.45, 7) is 2.77. The Kier molecular flexibility index (Phi) is 5.47. The summed E-state index contributed by atoms with van der Waals surface area (Å²) in [7, 11) is 0. The number of halogens is 5. The van der Waals surface area contributed by atoms with Crippen LogP contribution < -0.4 is 5.32 Å². The summed E-state index contributed by atoms with van der Waals surface area (Å²) < 4.78 is 66.0. The van der Waals surface area contributed by atoms with E-state index in [0.29, 0.717) is 12.1 Å². The Labute approximate surface area is 123 Å². The van der Waals surface area contributed by atoms with E-state index in [1.54, 1.807) is 5.32 Å². The van der Waals surface area contributed by atoms with E-state index in [1.165, 1.54) is 19.9 Å². The van der Waals surface area contributed by atoms with Crippen molar-refractivity contribution in [3.8, 4) is 6.07 Å². The van der Waals surface area contributed by atoms with Gasteiger partial charge < -0.3 is 5.32 Å².